The Kier molecular flexibility index (Phi) is 4.89. The summed E-state index contributed by atoms with van der Waals surface area (Å²) in [6.07, 6.45) is 0. The van der Waals surface area contributed by atoms with Crippen LogP contribution in [0.4, 0.5) is 0 Å². The third-order valence-corrected chi connectivity index (χ3v) is 5.04. The van der Waals surface area contributed by atoms with E-state index in [0.717, 1.165) is 24.3 Å². The molecule has 114 valence electrons. The molecule has 0 saturated heterocycles. The Morgan fingerprint density at radius 2 is 1.50 bits per heavy atom. The minimum atomic E-state index is -4.76. The average Bonchev–Trinajstić information content (AvgIpc) is 2.26. The fourth-order valence-electron chi connectivity index (χ4n) is 1.20. The Morgan fingerprint density at radius 1 is 0.950 bits per heavy atom. The Bertz CT molecular complexity index is 789. The van der Waals surface area contributed by atoms with Crippen LogP contribution in [0.1, 0.15) is 0 Å². The lowest BCUT2D eigenvalue weighted by Gasteiger charge is -2.05. The van der Waals surface area contributed by atoms with Crippen molar-refractivity contribution in [3.63, 3.8) is 0 Å². The molecule has 0 fully saturated rings. The van der Waals surface area contributed by atoms with Crippen molar-refractivity contribution < 1.29 is 38.5 Å². The summed E-state index contributed by atoms with van der Waals surface area (Å²) >= 11 is 0. The Balaban J connectivity index is 2.99. The van der Waals surface area contributed by atoms with Crippen molar-refractivity contribution in [2.75, 3.05) is 12.4 Å². The van der Waals surface area contributed by atoms with Crippen molar-refractivity contribution in [3.05, 3.63) is 24.3 Å². The van der Waals surface area contributed by atoms with Gasteiger partial charge in [-0.3, -0.25) is 9.11 Å². The van der Waals surface area contributed by atoms with Crippen LogP contribution in [-0.2, 0) is 34.5 Å². The minimum Gasteiger partial charge on any atom is -0.282 e. The van der Waals surface area contributed by atoms with E-state index in [0.29, 0.717) is 0 Å². The van der Waals surface area contributed by atoms with Crippen molar-refractivity contribution in [1.82, 2.24) is 0 Å². The van der Waals surface area contributed by atoms with Crippen LogP contribution < -0.4 is 0 Å². The van der Waals surface area contributed by atoms with E-state index >= 15 is 0 Å². The zero-order valence-corrected chi connectivity index (χ0v) is 12.2. The van der Waals surface area contributed by atoms with E-state index in [4.69, 9.17) is 9.11 Å². The van der Waals surface area contributed by atoms with Gasteiger partial charge in [0.1, 0.15) is 0 Å². The van der Waals surface area contributed by atoms with E-state index in [-0.39, 0.29) is 0 Å². The van der Waals surface area contributed by atoms with Crippen LogP contribution in [-0.4, -0.2) is 46.7 Å². The standard InChI is InChI=1S/C8H10O9S3/c9-18(10,5-4-17-20(14,15)16)7-2-1-3-8(6-7)19(11,12)13/h1-3,6H,4-5H2,(H,11,12,13)(H,14,15,16). The van der Waals surface area contributed by atoms with Gasteiger partial charge in [-0.05, 0) is 18.2 Å². The van der Waals surface area contributed by atoms with Crippen LogP contribution in [0.3, 0.4) is 0 Å². The van der Waals surface area contributed by atoms with E-state index < -0.39 is 52.5 Å². The maximum atomic E-state index is 11.8. The first kappa shape index (κ1) is 17.0. The second kappa shape index (κ2) is 5.75. The largest absolute Gasteiger partial charge is 0.397 e. The Morgan fingerprint density at radius 3 is 2.00 bits per heavy atom. The molecule has 0 bridgehead atoms. The van der Waals surface area contributed by atoms with Gasteiger partial charge in [-0.1, -0.05) is 6.07 Å². The summed E-state index contributed by atoms with van der Waals surface area (Å²) in [6, 6.07) is 3.87. The molecule has 20 heavy (non-hydrogen) atoms. The zero-order chi connectivity index (χ0) is 15.6. The fraction of sp³-hybridized carbons (Fsp3) is 0.250. The highest BCUT2D eigenvalue weighted by molar-refractivity contribution is 7.91. The second-order valence-electron chi connectivity index (χ2n) is 3.52. The predicted octanol–water partition coefficient (Wildman–Crippen LogP) is -0.474. The first-order valence-electron chi connectivity index (χ1n) is 4.84. The van der Waals surface area contributed by atoms with E-state index in [1.54, 1.807) is 0 Å². The number of hydrogen-bond donors (Lipinski definition) is 2. The lowest BCUT2D eigenvalue weighted by molar-refractivity contribution is 0.284. The molecule has 0 saturated carbocycles. The fourth-order valence-corrected chi connectivity index (χ4v) is 3.33. The maximum Gasteiger partial charge on any atom is 0.397 e. The molecule has 12 heteroatoms. The first-order chi connectivity index (χ1) is 8.92. The molecule has 0 unspecified atom stereocenters. The number of sulfone groups is 1. The minimum absolute atomic E-state index is 0.438. The van der Waals surface area contributed by atoms with Gasteiger partial charge in [-0.25, -0.2) is 12.6 Å². The van der Waals surface area contributed by atoms with Crippen molar-refractivity contribution in [1.29, 1.82) is 0 Å². The van der Waals surface area contributed by atoms with Crippen LogP contribution in [0, 0.1) is 0 Å². The van der Waals surface area contributed by atoms with E-state index in [9.17, 15) is 25.3 Å². The summed E-state index contributed by atoms with van der Waals surface area (Å²) in [7, 11) is -13.4. The van der Waals surface area contributed by atoms with Crippen molar-refractivity contribution >= 4 is 30.4 Å². The highest BCUT2D eigenvalue weighted by Crippen LogP contribution is 2.16. The molecule has 0 atom stereocenters. The van der Waals surface area contributed by atoms with Gasteiger partial charge in [0, 0.05) is 0 Å². The molecule has 0 aromatic heterocycles. The maximum absolute atomic E-state index is 11.8. The molecule has 9 nitrogen and oxygen atoms in total. The number of rotatable bonds is 6. The van der Waals surface area contributed by atoms with Gasteiger partial charge in [0.05, 0.1) is 22.2 Å². The smallest absolute Gasteiger partial charge is 0.282 e. The van der Waals surface area contributed by atoms with Crippen molar-refractivity contribution in [2.24, 2.45) is 0 Å². The third-order valence-electron chi connectivity index (χ3n) is 2.05. The molecule has 1 aromatic carbocycles. The monoisotopic (exact) mass is 346 g/mol. The van der Waals surface area contributed by atoms with Crippen LogP contribution in [0.5, 0.6) is 0 Å². The molecule has 0 aliphatic carbocycles. The number of benzene rings is 1. The van der Waals surface area contributed by atoms with E-state index in [1.165, 1.54) is 0 Å². The van der Waals surface area contributed by atoms with Crippen molar-refractivity contribution in [2.45, 2.75) is 9.79 Å². The van der Waals surface area contributed by atoms with Crippen LogP contribution >= 0.6 is 0 Å². The third kappa shape index (κ3) is 5.15. The summed E-state index contributed by atoms with van der Waals surface area (Å²) in [4.78, 5) is -1.05. The Hall–Kier alpha value is -1.05. The summed E-state index contributed by atoms with van der Waals surface area (Å²) in [5.74, 6) is -0.804. The van der Waals surface area contributed by atoms with E-state index in [2.05, 4.69) is 4.18 Å². The molecule has 0 heterocycles. The molecule has 0 aliphatic heterocycles. The first-order valence-corrected chi connectivity index (χ1v) is 9.30. The SMILES string of the molecule is O=S(=O)(O)OCCS(=O)(=O)c1cccc(S(=O)(=O)O)c1. The Labute approximate surface area is 115 Å². The van der Waals surface area contributed by atoms with Gasteiger partial charge in [-0.15, -0.1) is 0 Å². The van der Waals surface area contributed by atoms with Gasteiger partial charge in [0.25, 0.3) is 10.1 Å². The molecule has 2 N–H and O–H groups in total. The molecular weight excluding hydrogens is 336 g/mol. The molecule has 0 radical (unpaired) electrons. The highest BCUT2D eigenvalue weighted by Gasteiger charge is 2.19. The van der Waals surface area contributed by atoms with Crippen molar-refractivity contribution in [3.8, 4) is 0 Å². The second-order valence-corrected chi connectivity index (χ2v) is 8.14. The summed E-state index contributed by atoms with van der Waals surface area (Å²) in [5, 5.41) is 0. The van der Waals surface area contributed by atoms with E-state index in [1.807, 2.05) is 0 Å². The molecule has 1 rings (SSSR count). The lowest BCUT2D eigenvalue weighted by atomic mass is 10.4. The van der Waals surface area contributed by atoms with Gasteiger partial charge in [0.2, 0.25) is 0 Å². The van der Waals surface area contributed by atoms with Gasteiger partial charge in [0.15, 0.2) is 9.84 Å². The normalized spacial score (nSPS) is 13.3. The zero-order valence-electron chi connectivity index (χ0n) is 9.70. The molecule has 1 aromatic rings. The summed E-state index contributed by atoms with van der Waals surface area (Å²) < 4.78 is 86.8. The lowest BCUT2D eigenvalue weighted by Crippen LogP contribution is -2.15. The predicted molar refractivity (Wildman–Crippen MR) is 65.8 cm³/mol. The van der Waals surface area contributed by atoms with Crippen LogP contribution in [0.15, 0.2) is 34.1 Å². The van der Waals surface area contributed by atoms with Gasteiger partial charge in [-0.2, -0.15) is 16.8 Å². The molecule has 0 spiro atoms. The average molecular weight is 346 g/mol. The molecular formula is C8H10O9S3. The van der Waals surface area contributed by atoms with Crippen LogP contribution in [0.2, 0.25) is 0 Å². The van der Waals surface area contributed by atoms with Gasteiger partial charge < -0.3 is 0 Å². The van der Waals surface area contributed by atoms with Crippen LogP contribution in [0.25, 0.3) is 0 Å². The highest BCUT2D eigenvalue weighted by atomic mass is 32.3. The number of hydrogen-bond acceptors (Lipinski definition) is 7. The van der Waals surface area contributed by atoms with Gasteiger partial charge >= 0.3 is 10.4 Å². The summed E-state index contributed by atoms with van der Waals surface area (Å²) in [5.41, 5.74) is 0. The molecule has 0 aliphatic rings. The molecule has 0 amide bonds. The quantitative estimate of drug-likeness (QED) is 0.651. The topological polar surface area (TPSA) is 152 Å². The summed E-state index contributed by atoms with van der Waals surface area (Å²) in [6.45, 7) is -0.836.